The second-order valence-electron chi connectivity index (χ2n) is 4.08. The normalized spacial score (nSPS) is 13.2. The van der Waals surface area contributed by atoms with Crippen molar-refractivity contribution in [3.05, 3.63) is 30.3 Å². The van der Waals surface area contributed by atoms with E-state index in [9.17, 15) is 9.59 Å². The molecule has 0 saturated carbocycles. The van der Waals surface area contributed by atoms with Gasteiger partial charge < -0.3 is 14.8 Å². The fourth-order valence-corrected chi connectivity index (χ4v) is 1.53. The van der Waals surface area contributed by atoms with Crippen molar-refractivity contribution in [2.75, 3.05) is 7.11 Å². The average molecular weight is 265 g/mol. The van der Waals surface area contributed by atoms with E-state index in [2.05, 4.69) is 10.1 Å². The molecule has 0 fully saturated rings. The monoisotopic (exact) mass is 265 g/mol. The molecule has 0 aliphatic carbocycles. The zero-order valence-corrected chi connectivity index (χ0v) is 11.4. The zero-order chi connectivity index (χ0) is 14.3. The van der Waals surface area contributed by atoms with Crippen LogP contribution in [-0.4, -0.2) is 31.1 Å². The van der Waals surface area contributed by atoms with Gasteiger partial charge in [-0.15, -0.1) is 0 Å². The number of nitrogens with one attached hydrogen (secondary N) is 1. The summed E-state index contributed by atoms with van der Waals surface area (Å²) in [6, 6.07) is 8.39. The van der Waals surface area contributed by atoms with E-state index < -0.39 is 18.1 Å². The summed E-state index contributed by atoms with van der Waals surface area (Å²) < 4.78 is 10.1. The first kappa shape index (κ1) is 15.0. The fraction of sp³-hybridized carbons (Fsp3) is 0.429. The molecular formula is C14H19NO4. The smallest absolute Gasteiger partial charge is 0.328 e. The lowest BCUT2D eigenvalue weighted by atomic mass is 10.2. The summed E-state index contributed by atoms with van der Waals surface area (Å²) in [7, 11) is 1.28. The predicted molar refractivity (Wildman–Crippen MR) is 70.8 cm³/mol. The second-order valence-corrected chi connectivity index (χ2v) is 4.08. The summed E-state index contributed by atoms with van der Waals surface area (Å²) >= 11 is 0. The molecule has 0 bridgehead atoms. The Morgan fingerprint density at radius 1 is 1.26 bits per heavy atom. The van der Waals surface area contributed by atoms with E-state index in [1.807, 2.05) is 25.1 Å². The molecule has 0 radical (unpaired) electrons. The number of carbonyl (C=O) groups is 2. The summed E-state index contributed by atoms with van der Waals surface area (Å²) in [4.78, 5) is 23.2. The third-order valence-electron chi connectivity index (χ3n) is 2.60. The van der Waals surface area contributed by atoms with E-state index in [1.165, 1.54) is 7.11 Å². The van der Waals surface area contributed by atoms with E-state index in [4.69, 9.17) is 4.74 Å². The number of hydrogen-bond acceptors (Lipinski definition) is 4. The molecule has 0 aliphatic rings. The number of benzene rings is 1. The molecule has 0 aromatic heterocycles. The largest absolute Gasteiger partial charge is 0.481 e. The highest BCUT2D eigenvalue weighted by molar-refractivity contribution is 5.86. The first-order chi connectivity index (χ1) is 9.08. The molecule has 1 rings (SSSR count). The molecule has 1 unspecified atom stereocenters. The van der Waals surface area contributed by atoms with Crippen molar-refractivity contribution in [1.29, 1.82) is 0 Å². The second kappa shape index (κ2) is 7.41. The van der Waals surface area contributed by atoms with E-state index in [0.29, 0.717) is 12.2 Å². The van der Waals surface area contributed by atoms with Crippen LogP contribution in [0.1, 0.15) is 20.3 Å². The SMILES string of the molecule is CCC(Oc1ccccc1)C(=O)N[C@@H](C)C(=O)OC. The molecule has 1 aromatic rings. The van der Waals surface area contributed by atoms with Gasteiger partial charge in [0.15, 0.2) is 6.10 Å². The number of amides is 1. The predicted octanol–water partition coefficient (Wildman–Crippen LogP) is 1.52. The third kappa shape index (κ3) is 4.62. The van der Waals surface area contributed by atoms with Gasteiger partial charge in [-0.05, 0) is 25.5 Å². The van der Waals surface area contributed by atoms with Crippen LogP contribution >= 0.6 is 0 Å². The molecule has 5 heteroatoms. The molecule has 1 aromatic carbocycles. The van der Waals surface area contributed by atoms with E-state index >= 15 is 0 Å². The number of carbonyl (C=O) groups excluding carboxylic acids is 2. The maximum atomic E-state index is 12.0. The highest BCUT2D eigenvalue weighted by atomic mass is 16.5. The minimum absolute atomic E-state index is 0.329. The van der Waals surface area contributed by atoms with Crippen molar-refractivity contribution in [3.63, 3.8) is 0 Å². The van der Waals surface area contributed by atoms with Crippen LogP contribution in [0.5, 0.6) is 5.75 Å². The summed E-state index contributed by atoms with van der Waals surface area (Å²) in [5.41, 5.74) is 0. The van der Waals surface area contributed by atoms with Crippen LogP contribution in [0.15, 0.2) is 30.3 Å². The van der Waals surface area contributed by atoms with Crippen molar-refractivity contribution < 1.29 is 19.1 Å². The summed E-state index contributed by atoms with van der Waals surface area (Å²) in [5, 5.41) is 2.56. The quantitative estimate of drug-likeness (QED) is 0.792. The Morgan fingerprint density at radius 3 is 2.42 bits per heavy atom. The number of hydrogen-bond donors (Lipinski definition) is 1. The standard InChI is InChI=1S/C14H19NO4/c1-4-12(19-11-8-6-5-7-9-11)13(16)15-10(2)14(17)18-3/h5-10,12H,4H2,1-3H3,(H,15,16)/t10-,12?/m0/s1. The lowest BCUT2D eigenvalue weighted by Crippen LogP contribution is -2.46. The van der Waals surface area contributed by atoms with Crippen molar-refractivity contribution in [1.82, 2.24) is 5.32 Å². The van der Waals surface area contributed by atoms with Gasteiger partial charge in [0.05, 0.1) is 7.11 Å². The Bertz CT molecular complexity index is 419. The van der Waals surface area contributed by atoms with Gasteiger partial charge in [0.2, 0.25) is 0 Å². The van der Waals surface area contributed by atoms with Crippen LogP contribution in [-0.2, 0) is 14.3 Å². The Hall–Kier alpha value is -2.04. The molecule has 2 atom stereocenters. The van der Waals surface area contributed by atoms with Gasteiger partial charge >= 0.3 is 5.97 Å². The molecule has 19 heavy (non-hydrogen) atoms. The maximum absolute atomic E-state index is 12.0. The van der Waals surface area contributed by atoms with Crippen LogP contribution in [0.3, 0.4) is 0 Å². The van der Waals surface area contributed by atoms with Crippen molar-refractivity contribution >= 4 is 11.9 Å². The van der Waals surface area contributed by atoms with Crippen molar-refractivity contribution in [3.8, 4) is 5.75 Å². The van der Waals surface area contributed by atoms with Crippen LogP contribution in [0.2, 0.25) is 0 Å². The van der Waals surface area contributed by atoms with E-state index in [1.54, 1.807) is 19.1 Å². The molecular weight excluding hydrogens is 246 g/mol. The van der Waals surface area contributed by atoms with Gasteiger partial charge in [0.25, 0.3) is 5.91 Å². The summed E-state index contributed by atoms with van der Waals surface area (Å²) in [5.74, 6) is -0.192. The molecule has 0 spiro atoms. The van der Waals surface area contributed by atoms with Gasteiger partial charge in [-0.1, -0.05) is 25.1 Å². The molecule has 0 saturated heterocycles. The number of esters is 1. The zero-order valence-electron chi connectivity index (χ0n) is 11.4. The Labute approximate surface area is 112 Å². The number of ether oxygens (including phenoxy) is 2. The molecule has 104 valence electrons. The van der Waals surface area contributed by atoms with Gasteiger partial charge in [-0.3, -0.25) is 4.79 Å². The van der Waals surface area contributed by atoms with Crippen LogP contribution in [0.25, 0.3) is 0 Å². The minimum Gasteiger partial charge on any atom is -0.481 e. The van der Waals surface area contributed by atoms with Gasteiger partial charge in [0, 0.05) is 0 Å². The molecule has 0 aliphatic heterocycles. The number of para-hydroxylation sites is 1. The Balaban J connectivity index is 2.60. The first-order valence-electron chi connectivity index (χ1n) is 6.18. The van der Waals surface area contributed by atoms with Crippen LogP contribution in [0.4, 0.5) is 0 Å². The van der Waals surface area contributed by atoms with Crippen molar-refractivity contribution in [2.45, 2.75) is 32.4 Å². The van der Waals surface area contributed by atoms with E-state index in [0.717, 1.165) is 0 Å². The van der Waals surface area contributed by atoms with Gasteiger partial charge in [0.1, 0.15) is 11.8 Å². The van der Waals surface area contributed by atoms with Crippen LogP contribution in [0, 0.1) is 0 Å². The topological polar surface area (TPSA) is 64.6 Å². The lowest BCUT2D eigenvalue weighted by molar-refractivity contribution is -0.145. The third-order valence-corrected chi connectivity index (χ3v) is 2.60. The number of rotatable bonds is 6. The van der Waals surface area contributed by atoms with Gasteiger partial charge in [-0.2, -0.15) is 0 Å². The summed E-state index contributed by atoms with van der Waals surface area (Å²) in [6.45, 7) is 3.41. The minimum atomic E-state index is -0.689. The lowest BCUT2D eigenvalue weighted by Gasteiger charge is -2.19. The van der Waals surface area contributed by atoms with Crippen molar-refractivity contribution in [2.24, 2.45) is 0 Å². The van der Waals surface area contributed by atoms with E-state index in [-0.39, 0.29) is 5.91 Å². The highest BCUT2D eigenvalue weighted by Gasteiger charge is 2.23. The fourth-order valence-electron chi connectivity index (χ4n) is 1.53. The molecule has 5 nitrogen and oxygen atoms in total. The Morgan fingerprint density at radius 2 is 1.89 bits per heavy atom. The van der Waals surface area contributed by atoms with Crippen LogP contribution < -0.4 is 10.1 Å². The van der Waals surface area contributed by atoms with Gasteiger partial charge in [-0.25, -0.2) is 4.79 Å². The maximum Gasteiger partial charge on any atom is 0.328 e. The first-order valence-corrected chi connectivity index (χ1v) is 6.18. The number of methoxy groups -OCH3 is 1. The highest BCUT2D eigenvalue weighted by Crippen LogP contribution is 2.12. The molecule has 1 amide bonds. The summed E-state index contributed by atoms with van der Waals surface area (Å²) in [6.07, 6.45) is -0.122. The molecule has 0 heterocycles. The Kier molecular flexibility index (Phi) is 5.85. The average Bonchev–Trinajstić information content (AvgIpc) is 2.44. The molecule has 1 N–H and O–H groups in total.